The summed E-state index contributed by atoms with van der Waals surface area (Å²) in [5.74, 6) is -0.398. The first kappa shape index (κ1) is 14.1. The quantitative estimate of drug-likeness (QED) is 0.767. The van der Waals surface area contributed by atoms with Gasteiger partial charge < -0.3 is 24.6 Å². The van der Waals surface area contributed by atoms with Crippen LogP contribution >= 0.6 is 0 Å². The number of carbonyl (C=O) groups is 1. The number of amides is 2. The SMILES string of the molecule is CN1CCC(NC(=O)N2CCC3(CC2)OCCO3)CC1. The Morgan fingerprint density at radius 2 is 1.70 bits per heavy atom. The van der Waals surface area contributed by atoms with Crippen LogP contribution < -0.4 is 5.32 Å². The molecule has 6 nitrogen and oxygen atoms in total. The van der Waals surface area contributed by atoms with Crippen LogP contribution in [0.4, 0.5) is 4.79 Å². The van der Waals surface area contributed by atoms with E-state index in [1.165, 1.54) is 0 Å². The van der Waals surface area contributed by atoms with Crippen LogP contribution in [0.1, 0.15) is 25.7 Å². The molecule has 3 rings (SSSR count). The molecule has 114 valence electrons. The molecule has 0 saturated carbocycles. The zero-order valence-electron chi connectivity index (χ0n) is 12.3. The number of rotatable bonds is 1. The summed E-state index contributed by atoms with van der Waals surface area (Å²) < 4.78 is 11.4. The zero-order chi connectivity index (χ0) is 14.0. The van der Waals surface area contributed by atoms with Gasteiger partial charge >= 0.3 is 6.03 Å². The largest absolute Gasteiger partial charge is 0.347 e. The number of piperidine rings is 2. The first-order valence-electron chi connectivity index (χ1n) is 7.69. The lowest BCUT2D eigenvalue weighted by molar-refractivity contribution is -0.181. The summed E-state index contributed by atoms with van der Waals surface area (Å²) in [7, 11) is 2.13. The Balaban J connectivity index is 1.44. The van der Waals surface area contributed by atoms with E-state index in [0.29, 0.717) is 19.3 Å². The lowest BCUT2D eigenvalue weighted by Gasteiger charge is -2.38. The van der Waals surface area contributed by atoms with Crippen molar-refractivity contribution in [2.75, 3.05) is 46.4 Å². The Kier molecular flexibility index (Phi) is 4.14. The standard InChI is InChI=1S/C14H25N3O3/c1-16-6-2-12(3-7-16)15-13(18)17-8-4-14(5-9-17)19-10-11-20-14/h12H,2-11H2,1H3,(H,15,18). The van der Waals surface area contributed by atoms with Crippen molar-refractivity contribution in [3.05, 3.63) is 0 Å². The van der Waals surface area contributed by atoms with E-state index in [-0.39, 0.29) is 6.03 Å². The maximum atomic E-state index is 12.3. The van der Waals surface area contributed by atoms with Gasteiger partial charge in [-0.15, -0.1) is 0 Å². The van der Waals surface area contributed by atoms with Crippen LogP contribution in [-0.4, -0.2) is 74.1 Å². The van der Waals surface area contributed by atoms with Crippen molar-refractivity contribution in [2.24, 2.45) is 0 Å². The summed E-state index contributed by atoms with van der Waals surface area (Å²) in [4.78, 5) is 16.5. The zero-order valence-corrected chi connectivity index (χ0v) is 12.3. The molecule has 0 unspecified atom stereocenters. The van der Waals surface area contributed by atoms with Gasteiger partial charge in [0.1, 0.15) is 0 Å². The molecule has 20 heavy (non-hydrogen) atoms. The fraction of sp³-hybridized carbons (Fsp3) is 0.929. The molecule has 1 N–H and O–H groups in total. The van der Waals surface area contributed by atoms with E-state index in [1.807, 2.05) is 4.90 Å². The predicted octanol–water partition coefficient (Wildman–Crippen LogP) is 0.629. The van der Waals surface area contributed by atoms with Crippen molar-refractivity contribution in [2.45, 2.75) is 37.5 Å². The number of urea groups is 1. The third kappa shape index (κ3) is 3.07. The van der Waals surface area contributed by atoms with Gasteiger partial charge in [-0.25, -0.2) is 4.79 Å². The Morgan fingerprint density at radius 1 is 1.10 bits per heavy atom. The molecule has 0 aliphatic carbocycles. The molecular formula is C14H25N3O3. The van der Waals surface area contributed by atoms with Crippen LogP contribution in [0, 0.1) is 0 Å². The molecule has 2 amide bonds. The molecule has 1 spiro atoms. The molecule has 3 aliphatic rings. The van der Waals surface area contributed by atoms with E-state index in [4.69, 9.17) is 9.47 Å². The van der Waals surface area contributed by atoms with E-state index in [2.05, 4.69) is 17.3 Å². The van der Waals surface area contributed by atoms with Gasteiger partial charge in [-0.2, -0.15) is 0 Å². The molecule has 0 aromatic heterocycles. The van der Waals surface area contributed by atoms with Gasteiger partial charge in [-0.05, 0) is 33.0 Å². The lowest BCUT2D eigenvalue weighted by Crippen LogP contribution is -2.53. The highest BCUT2D eigenvalue weighted by Crippen LogP contribution is 2.31. The topological polar surface area (TPSA) is 54.0 Å². The Labute approximate surface area is 120 Å². The second-order valence-corrected chi connectivity index (χ2v) is 6.12. The Bertz CT molecular complexity index is 340. The molecule has 0 bridgehead atoms. The molecule has 0 atom stereocenters. The van der Waals surface area contributed by atoms with Gasteiger partial charge in [0, 0.05) is 32.0 Å². The fourth-order valence-electron chi connectivity index (χ4n) is 3.26. The van der Waals surface area contributed by atoms with Gasteiger partial charge in [0.2, 0.25) is 0 Å². The number of hydrogen-bond donors (Lipinski definition) is 1. The van der Waals surface area contributed by atoms with E-state index >= 15 is 0 Å². The minimum Gasteiger partial charge on any atom is -0.347 e. The van der Waals surface area contributed by atoms with Crippen LogP contribution in [-0.2, 0) is 9.47 Å². The lowest BCUT2D eigenvalue weighted by atomic mass is 10.0. The highest BCUT2D eigenvalue weighted by molar-refractivity contribution is 5.74. The first-order chi connectivity index (χ1) is 9.67. The van der Waals surface area contributed by atoms with Gasteiger partial charge in [0.25, 0.3) is 0 Å². The summed E-state index contributed by atoms with van der Waals surface area (Å²) in [6.07, 6.45) is 3.67. The molecule has 3 fully saturated rings. The number of nitrogens with zero attached hydrogens (tertiary/aromatic N) is 2. The van der Waals surface area contributed by atoms with Crippen molar-refractivity contribution < 1.29 is 14.3 Å². The van der Waals surface area contributed by atoms with Crippen molar-refractivity contribution in [1.29, 1.82) is 0 Å². The number of ether oxygens (including phenoxy) is 2. The molecule has 0 aromatic carbocycles. The number of carbonyl (C=O) groups excluding carboxylic acids is 1. The van der Waals surface area contributed by atoms with Crippen molar-refractivity contribution >= 4 is 6.03 Å². The molecule has 3 aliphatic heterocycles. The van der Waals surface area contributed by atoms with E-state index in [1.54, 1.807) is 0 Å². The number of likely N-dealkylation sites (tertiary alicyclic amines) is 2. The summed E-state index contributed by atoms with van der Waals surface area (Å²) in [5, 5.41) is 3.17. The number of nitrogens with one attached hydrogen (secondary N) is 1. The molecule has 3 saturated heterocycles. The van der Waals surface area contributed by atoms with Gasteiger partial charge in [-0.3, -0.25) is 0 Å². The molecule has 6 heteroatoms. The monoisotopic (exact) mass is 283 g/mol. The first-order valence-corrected chi connectivity index (χ1v) is 7.69. The minimum absolute atomic E-state index is 0.0763. The average Bonchev–Trinajstić information content (AvgIpc) is 2.90. The summed E-state index contributed by atoms with van der Waals surface area (Å²) in [5.41, 5.74) is 0. The van der Waals surface area contributed by atoms with Crippen molar-refractivity contribution in [3.8, 4) is 0 Å². The maximum absolute atomic E-state index is 12.3. The molecule has 0 radical (unpaired) electrons. The maximum Gasteiger partial charge on any atom is 0.317 e. The predicted molar refractivity (Wildman–Crippen MR) is 74.5 cm³/mol. The van der Waals surface area contributed by atoms with Crippen LogP contribution in [0.2, 0.25) is 0 Å². The summed E-state index contributed by atoms with van der Waals surface area (Å²) >= 11 is 0. The van der Waals surface area contributed by atoms with Gasteiger partial charge in [0.15, 0.2) is 5.79 Å². The van der Waals surface area contributed by atoms with E-state index < -0.39 is 5.79 Å². The smallest absolute Gasteiger partial charge is 0.317 e. The highest BCUT2D eigenvalue weighted by atomic mass is 16.7. The van der Waals surface area contributed by atoms with Crippen molar-refractivity contribution in [3.63, 3.8) is 0 Å². The Morgan fingerprint density at radius 3 is 2.30 bits per heavy atom. The molecule has 0 aromatic rings. The fourth-order valence-corrected chi connectivity index (χ4v) is 3.26. The second-order valence-electron chi connectivity index (χ2n) is 6.12. The van der Waals surface area contributed by atoms with Gasteiger partial charge in [-0.1, -0.05) is 0 Å². The van der Waals surface area contributed by atoms with Gasteiger partial charge in [0.05, 0.1) is 13.2 Å². The number of hydrogen-bond acceptors (Lipinski definition) is 4. The van der Waals surface area contributed by atoms with Crippen LogP contribution in [0.3, 0.4) is 0 Å². The van der Waals surface area contributed by atoms with Crippen molar-refractivity contribution in [1.82, 2.24) is 15.1 Å². The summed E-state index contributed by atoms with van der Waals surface area (Å²) in [6.45, 7) is 4.94. The van der Waals surface area contributed by atoms with Crippen LogP contribution in [0.15, 0.2) is 0 Å². The third-order valence-electron chi connectivity index (χ3n) is 4.67. The molecule has 3 heterocycles. The average molecular weight is 283 g/mol. The highest BCUT2D eigenvalue weighted by Gasteiger charge is 2.40. The second kappa shape index (κ2) is 5.87. The van der Waals surface area contributed by atoms with E-state index in [9.17, 15) is 4.79 Å². The van der Waals surface area contributed by atoms with E-state index in [0.717, 1.165) is 51.9 Å². The summed E-state index contributed by atoms with van der Waals surface area (Å²) in [6, 6.07) is 0.404. The Hall–Kier alpha value is -0.850. The van der Waals surface area contributed by atoms with Crippen LogP contribution in [0.25, 0.3) is 0 Å². The normalized spacial score (nSPS) is 27.9. The molecular weight excluding hydrogens is 258 g/mol. The minimum atomic E-state index is -0.398. The third-order valence-corrected chi connectivity index (χ3v) is 4.67. The van der Waals surface area contributed by atoms with Crippen LogP contribution in [0.5, 0.6) is 0 Å².